The lowest BCUT2D eigenvalue weighted by atomic mass is 9.87. The van der Waals surface area contributed by atoms with E-state index in [-0.39, 0.29) is 35.3 Å². The van der Waals surface area contributed by atoms with E-state index in [4.69, 9.17) is 4.42 Å². The van der Waals surface area contributed by atoms with Gasteiger partial charge in [0.2, 0.25) is 5.91 Å². The van der Waals surface area contributed by atoms with Crippen molar-refractivity contribution < 1.29 is 23.1 Å². The Bertz CT molecular complexity index is 1570. The van der Waals surface area contributed by atoms with Crippen LogP contribution in [-0.4, -0.2) is 43.1 Å². The van der Waals surface area contributed by atoms with Crippen molar-refractivity contribution in [3.63, 3.8) is 0 Å². The smallest absolute Gasteiger partial charge is 0.226 e. The van der Waals surface area contributed by atoms with E-state index < -0.39 is 6.23 Å². The Labute approximate surface area is 243 Å². The molecular weight excluding hydrogens is 544 g/mol. The number of halogens is 2. The first-order valence-corrected chi connectivity index (χ1v) is 14.3. The maximum absolute atomic E-state index is 13.6. The number of hydrogen-bond acceptors (Lipinski definition) is 6. The predicted molar refractivity (Wildman–Crippen MR) is 159 cm³/mol. The molecule has 1 aromatic heterocycles. The number of carbonyl (C=O) groups is 1. The highest BCUT2D eigenvalue weighted by molar-refractivity contribution is 7.81. The van der Waals surface area contributed by atoms with Crippen LogP contribution in [0.25, 0.3) is 22.3 Å². The Morgan fingerprint density at radius 3 is 2.46 bits per heavy atom. The Balaban J connectivity index is 1.33. The number of anilines is 1. The predicted octanol–water partition coefficient (Wildman–Crippen LogP) is 6.38. The third-order valence-electron chi connectivity index (χ3n) is 8.46. The monoisotopic (exact) mass is 577 g/mol. The van der Waals surface area contributed by atoms with Gasteiger partial charge in [0.15, 0.2) is 0 Å². The summed E-state index contributed by atoms with van der Waals surface area (Å²) in [6.45, 7) is 1.29. The number of rotatable bonds is 7. The number of aliphatic hydroxyl groups excluding tert-OH is 1. The molecule has 2 fully saturated rings. The lowest BCUT2D eigenvalue weighted by Gasteiger charge is -2.35. The van der Waals surface area contributed by atoms with Crippen LogP contribution in [0, 0.1) is 17.6 Å². The van der Waals surface area contributed by atoms with Gasteiger partial charge in [-0.25, -0.2) is 8.78 Å². The molecule has 0 bridgehead atoms. The van der Waals surface area contributed by atoms with Crippen LogP contribution < -0.4 is 9.62 Å². The molecule has 2 heterocycles. The molecule has 2 aliphatic rings. The van der Waals surface area contributed by atoms with E-state index in [2.05, 4.69) is 18.1 Å². The summed E-state index contributed by atoms with van der Waals surface area (Å²) in [7, 11) is 3.51. The Morgan fingerprint density at radius 1 is 1.12 bits per heavy atom. The summed E-state index contributed by atoms with van der Waals surface area (Å²) in [5.41, 5.74) is 4.71. The summed E-state index contributed by atoms with van der Waals surface area (Å²) in [5, 5.41) is 14.6. The van der Waals surface area contributed by atoms with Crippen molar-refractivity contribution in [1.29, 1.82) is 0 Å². The standard InChI is InChI=1S/C32H33F2N3O3S/c1-35-31(38)29-26-15-24(27(36(2)41)16-28(26)40-30(29)19-7-11-22(34)12-8-19)20-4-3-13-37(17-20)32(39)25-14-23(25)18-5-9-21(33)10-6-18/h5-12,15-16,20,23,25,31,35,38,41H,3-4,13-14,17H2,1-2H3/t20-,23?,25?,31?/m1/s1. The summed E-state index contributed by atoms with van der Waals surface area (Å²) in [4.78, 5) is 15.5. The molecule has 3 unspecified atom stereocenters. The molecule has 4 aromatic rings. The first-order chi connectivity index (χ1) is 19.7. The third-order valence-corrected chi connectivity index (χ3v) is 8.67. The molecule has 2 N–H and O–H groups in total. The van der Waals surface area contributed by atoms with E-state index >= 15 is 0 Å². The average molecular weight is 578 g/mol. The minimum atomic E-state index is -1.01. The van der Waals surface area contributed by atoms with Crippen LogP contribution in [0.15, 0.2) is 65.1 Å². The number of thiol groups is 1. The van der Waals surface area contributed by atoms with Crippen LogP contribution in [0.5, 0.6) is 0 Å². The van der Waals surface area contributed by atoms with Crippen LogP contribution in [-0.2, 0) is 4.79 Å². The minimum absolute atomic E-state index is 0.0634. The van der Waals surface area contributed by atoms with E-state index in [9.17, 15) is 18.7 Å². The molecule has 6 nitrogen and oxygen atoms in total. The molecule has 214 valence electrons. The quantitative estimate of drug-likeness (QED) is 0.176. The zero-order chi connectivity index (χ0) is 28.8. The number of likely N-dealkylation sites (tertiary alicyclic amines) is 1. The largest absolute Gasteiger partial charge is 0.456 e. The molecule has 6 rings (SSSR count). The zero-order valence-electron chi connectivity index (χ0n) is 23.0. The van der Waals surface area contributed by atoms with Crippen molar-refractivity contribution >= 4 is 35.4 Å². The molecule has 1 saturated heterocycles. The van der Waals surface area contributed by atoms with Gasteiger partial charge in [0.25, 0.3) is 0 Å². The topological polar surface area (TPSA) is 69.0 Å². The SMILES string of the molecule is CNC(O)c1c(-c2ccc(F)cc2)oc2cc(N(C)S)c([C@@H]3CCCN(C(=O)C4CC4c4ccc(F)cc4)C3)cc12. The number of furan rings is 1. The lowest BCUT2D eigenvalue weighted by Crippen LogP contribution is -2.40. The number of hydrogen-bond donors (Lipinski definition) is 3. The fourth-order valence-corrected chi connectivity index (χ4v) is 6.39. The molecule has 1 amide bonds. The van der Waals surface area contributed by atoms with Crippen molar-refractivity contribution in [3.8, 4) is 11.3 Å². The highest BCUT2D eigenvalue weighted by atomic mass is 32.1. The summed E-state index contributed by atoms with van der Waals surface area (Å²) in [6, 6.07) is 16.4. The third kappa shape index (κ3) is 5.34. The molecule has 9 heteroatoms. The van der Waals surface area contributed by atoms with Gasteiger partial charge in [-0.2, -0.15) is 0 Å². The molecule has 0 radical (unpaired) electrons. The molecule has 3 aromatic carbocycles. The average Bonchev–Trinajstić information content (AvgIpc) is 3.69. The second-order valence-electron chi connectivity index (χ2n) is 11.1. The Kier molecular flexibility index (Phi) is 7.52. The molecule has 0 spiro atoms. The molecule has 1 aliphatic heterocycles. The van der Waals surface area contributed by atoms with Gasteiger partial charge in [0.1, 0.15) is 29.2 Å². The summed E-state index contributed by atoms with van der Waals surface area (Å²) in [5.74, 6) is 0.123. The Hall–Kier alpha value is -3.40. The van der Waals surface area contributed by atoms with Gasteiger partial charge in [-0.3, -0.25) is 10.1 Å². The van der Waals surface area contributed by atoms with Crippen molar-refractivity contribution in [2.75, 3.05) is 31.5 Å². The summed E-state index contributed by atoms with van der Waals surface area (Å²) in [6.07, 6.45) is 1.56. The van der Waals surface area contributed by atoms with Crippen LogP contribution in [0.1, 0.15) is 54.0 Å². The van der Waals surface area contributed by atoms with E-state index in [1.165, 1.54) is 24.3 Å². The van der Waals surface area contributed by atoms with Crippen molar-refractivity contribution in [1.82, 2.24) is 10.2 Å². The fraction of sp³-hybridized carbons (Fsp3) is 0.344. The molecular formula is C32H33F2N3O3S. The number of benzene rings is 3. The maximum Gasteiger partial charge on any atom is 0.226 e. The minimum Gasteiger partial charge on any atom is -0.456 e. The first-order valence-electron chi connectivity index (χ1n) is 13.9. The fourth-order valence-electron chi connectivity index (χ4n) is 6.22. The number of amides is 1. The van der Waals surface area contributed by atoms with Crippen molar-refractivity contribution in [2.24, 2.45) is 5.92 Å². The number of piperidine rings is 1. The van der Waals surface area contributed by atoms with Crippen molar-refractivity contribution in [3.05, 3.63) is 89.0 Å². The Morgan fingerprint density at radius 2 is 1.80 bits per heavy atom. The number of nitrogens with one attached hydrogen (secondary N) is 1. The van der Waals surface area contributed by atoms with Gasteiger partial charge >= 0.3 is 0 Å². The van der Waals surface area contributed by atoms with Gasteiger partial charge in [0, 0.05) is 54.6 Å². The zero-order valence-corrected chi connectivity index (χ0v) is 23.9. The number of carbonyl (C=O) groups excluding carboxylic acids is 1. The number of aliphatic hydroxyl groups is 1. The van der Waals surface area contributed by atoms with Crippen LogP contribution in [0.2, 0.25) is 0 Å². The second kappa shape index (κ2) is 11.1. The number of fused-ring (bicyclic) bond motifs is 1. The number of nitrogens with zero attached hydrogens (tertiary/aromatic N) is 2. The normalized spacial score (nSPS) is 21.2. The first kappa shape index (κ1) is 27.8. The summed E-state index contributed by atoms with van der Waals surface area (Å²) >= 11 is 4.62. The van der Waals surface area contributed by atoms with Gasteiger partial charge in [0.05, 0.1) is 5.69 Å². The van der Waals surface area contributed by atoms with Crippen LogP contribution in [0.3, 0.4) is 0 Å². The molecule has 1 saturated carbocycles. The maximum atomic E-state index is 13.6. The van der Waals surface area contributed by atoms with E-state index in [0.717, 1.165) is 41.5 Å². The molecule has 41 heavy (non-hydrogen) atoms. The van der Waals surface area contributed by atoms with Gasteiger partial charge in [-0.05, 0) is 85.8 Å². The van der Waals surface area contributed by atoms with Crippen LogP contribution in [0.4, 0.5) is 14.5 Å². The van der Waals surface area contributed by atoms with E-state index in [1.54, 1.807) is 35.6 Å². The molecule has 1 aliphatic carbocycles. The van der Waals surface area contributed by atoms with Gasteiger partial charge in [-0.1, -0.05) is 24.9 Å². The van der Waals surface area contributed by atoms with E-state index in [1.807, 2.05) is 24.1 Å². The summed E-state index contributed by atoms with van der Waals surface area (Å²) < 4.78 is 35.0. The molecule has 4 atom stereocenters. The van der Waals surface area contributed by atoms with E-state index in [0.29, 0.717) is 35.6 Å². The van der Waals surface area contributed by atoms with Crippen LogP contribution >= 0.6 is 12.8 Å². The van der Waals surface area contributed by atoms with Gasteiger partial charge in [-0.15, -0.1) is 0 Å². The lowest BCUT2D eigenvalue weighted by molar-refractivity contribution is -0.133. The van der Waals surface area contributed by atoms with Crippen molar-refractivity contribution in [2.45, 2.75) is 37.3 Å². The highest BCUT2D eigenvalue weighted by Crippen LogP contribution is 2.49. The highest BCUT2D eigenvalue weighted by Gasteiger charge is 2.46. The second-order valence-corrected chi connectivity index (χ2v) is 11.7. The van der Waals surface area contributed by atoms with Gasteiger partial charge < -0.3 is 18.7 Å².